The third kappa shape index (κ3) is 2.53. The molecular weight excluding hydrogens is 238 g/mol. The van der Waals surface area contributed by atoms with E-state index in [1.54, 1.807) is 24.4 Å². The topological polar surface area (TPSA) is 69.7 Å². The van der Waals surface area contributed by atoms with Crippen molar-refractivity contribution in [2.45, 2.75) is 13.8 Å². The second kappa shape index (κ2) is 5.20. The standard InChI is InChI=1S/C15H11N3O/c1-10-5-12(7-16)6-11(2)15(10)19-14-9-18-4-3-13(14)8-17/h3-6,9H,1-2H3. The average Bonchev–Trinajstić information content (AvgIpc) is 2.43. The molecule has 4 nitrogen and oxygen atoms in total. The Morgan fingerprint density at radius 1 is 1.11 bits per heavy atom. The van der Waals surface area contributed by atoms with Gasteiger partial charge in [0.2, 0.25) is 0 Å². The van der Waals surface area contributed by atoms with Gasteiger partial charge in [0.05, 0.1) is 23.4 Å². The highest BCUT2D eigenvalue weighted by Crippen LogP contribution is 2.30. The first kappa shape index (κ1) is 12.6. The van der Waals surface area contributed by atoms with Crippen molar-refractivity contribution in [2.75, 3.05) is 0 Å². The summed E-state index contributed by atoms with van der Waals surface area (Å²) in [5.41, 5.74) is 2.72. The number of aryl methyl sites for hydroxylation is 2. The van der Waals surface area contributed by atoms with Crippen LogP contribution < -0.4 is 4.74 Å². The van der Waals surface area contributed by atoms with Crippen molar-refractivity contribution in [1.29, 1.82) is 10.5 Å². The molecule has 92 valence electrons. The summed E-state index contributed by atoms with van der Waals surface area (Å²) in [6.07, 6.45) is 3.06. The molecule has 0 N–H and O–H groups in total. The SMILES string of the molecule is Cc1cc(C#N)cc(C)c1Oc1cnccc1C#N. The van der Waals surface area contributed by atoms with E-state index in [9.17, 15) is 0 Å². The summed E-state index contributed by atoms with van der Waals surface area (Å²) >= 11 is 0. The van der Waals surface area contributed by atoms with Gasteiger partial charge in [-0.2, -0.15) is 10.5 Å². The molecule has 0 fully saturated rings. The van der Waals surface area contributed by atoms with Gasteiger partial charge < -0.3 is 4.74 Å². The molecule has 0 radical (unpaired) electrons. The first-order valence-electron chi connectivity index (χ1n) is 5.69. The van der Waals surface area contributed by atoms with Crippen molar-refractivity contribution < 1.29 is 4.74 Å². The molecule has 0 unspecified atom stereocenters. The van der Waals surface area contributed by atoms with E-state index >= 15 is 0 Å². The third-order valence-corrected chi connectivity index (χ3v) is 2.71. The molecule has 1 aromatic carbocycles. The lowest BCUT2D eigenvalue weighted by molar-refractivity contribution is 0.471. The van der Waals surface area contributed by atoms with Crippen LogP contribution >= 0.6 is 0 Å². The van der Waals surface area contributed by atoms with Gasteiger partial charge in [-0.15, -0.1) is 0 Å². The molecule has 0 atom stereocenters. The number of hydrogen-bond donors (Lipinski definition) is 0. The Labute approximate surface area is 111 Å². The predicted octanol–water partition coefficient (Wildman–Crippen LogP) is 3.23. The number of ether oxygens (including phenoxy) is 1. The van der Waals surface area contributed by atoms with E-state index in [1.165, 1.54) is 6.20 Å². The number of pyridine rings is 1. The van der Waals surface area contributed by atoms with Gasteiger partial charge in [-0.25, -0.2) is 0 Å². The van der Waals surface area contributed by atoms with Crippen LogP contribution in [-0.4, -0.2) is 4.98 Å². The molecule has 0 saturated heterocycles. The van der Waals surface area contributed by atoms with E-state index in [0.717, 1.165) is 11.1 Å². The van der Waals surface area contributed by atoms with Crippen LogP contribution in [0.25, 0.3) is 0 Å². The Morgan fingerprint density at radius 2 is 1.79 bits per heavy atom. The fourth-order valence-corrected chi connectivity index (χ4v) is 1.84. The molecule has 0 spiro atoms. The lowest BCUT2D eigenvalue weighted by Crippen LogP contribution is -1.95. The minimum atomic E-state index is 0.418. The number of rotatable bonds is 2. The molecule has 2 aromatic rings. The van der Waals surface area contributed by atoms with Crippen LogP contribution in [0.4, 0.5) is 0 Å². The number of nitrogens with zero attached hydrogens (tertiary/aromatic N) is 3. The Balaban J connectivity index is 2.45. The van der Waals surface area contributed by atoms with Crippen LogP contribution in [0, 0.1) is 36.5 Å². The van der Waals surface area contributed by atoms with Crippen LogP contribution in [0.5, 0.6) is 11.5 Å². The van der Waals surface area contributed by atoms with Gasteiger partial charge in [-0.1, -0.05) is 0 Å². The van der Waals surface area contributed by atoms with Gasteiger partial charge in [0, 0.05) is 6.20 Å². The van der Waals surface area contributed by atoms with E-state index < -0.39 is 0 Å². The molecule has 0 aliphatic carbocycles. The van der Waals surface area contributed by atoms with Crippen molar-refractivity contribution in [1.82, 2.24) is 4.98 Å². The van der Waals surface area contributed by atoms with E-state index in [4.69, 9.17) is 15.3 Å². The summed E-state index contributed by atoms with van der Waals surface area (Å²) in [6.45, 7) is 3.73. The number of benzene rings is 1. The molecule has 0 amide bonds. The molecule has 0 saturated carbocycles. The number of nitriles is 2. The zero-order valence-corrected chi connectivity index (χ0v) is 10.6. The van der Waals surface area contributed by atoms with Crippen molar-refractivity contribution >= 4 is 0 Å². The molecule has 4 heteroatoms. The Bertz CT molecular complexity index is 685. The van der Waals surface area contributed by atoms with Crippen molar-refractivity contribution in [3.8, 4) is 23.6 Å². The normalized spacial score (nSPS) is 9.47. The maximum absolute atomic E-state index is 9.02. The first-order valence-corrected chi connectivity index (χ1v) is 5.69. The van der Waals surface area contributed by atoms with Gasteiger partial charge in [0.15, 0.2) is 5.75 Å². The molecule has 1 aromatic heterocycles. The highest BCUT2D eigenvalue weighted by molar-refractivity contribution is 5.50. The fraction of sp³-hybridized carbons (Fsp3) is 0.133. The Kier molecular flexibility index (Phi) is 3.45. The van der Waals surface area contributed by atoms with Gasteiger partial charge in [-0.05, 0) is 43.2 Å². The van der Waals surface area contributed by atoms with E-state index in [-0.39, 0.29) is 0 Å². The number of aromatic nitrogens is 1. The molecule has 0 aliphatic rings. The Hall–Kier alpha value is -2.85. The summed E-state index contributed by atoms with van der Waals surface area (Å²) < 4.78 is 5.77. The summed E-state index contributed by atoms with van der Waals surface area (Å²) in [4.78, 5) is 3.95. The van der Waals surface area contributed by atoms with Gasteiger partial charge >= 0.3 is 0 Å². The summed E-state index contributed by atoms with van der Waals surface area (Å²) in [7, 11) is 0. The van der Waals surface area contributed by atoms with Crippen LogP contribution in [0.3, 0.4) is 0 Å². The van der Waals surface area contributed by atoms with Gasteiger partial charge in [0.1, 0.15) is 11.8 Å². The molecule has 0 aliphatic heterocycles. The van der Waals surface area contributed by atoms with Crippen LogP contribution in [0.2, 0.25) is 0 Å². The highest BCUT2D eigenvalue weighted by Gasteiger charge is 2.10. The molecule has 1 heterocycles. The van der Waals surface area contributed by atoms with E-state index in [1.807, 2.05) is 13.8 Å². The highest BCUT2D eigenvalue weighted by atomic mass is 16.5. The minimum absolute atomic E-state index is 0.418. The lowest BCUT2D eigenvalue weighted by Gasteiger charge is -2.12. The second-order valence-electron chi connectivity index (χ2n) is 4.14. The number of hydrogen-bond acceptors (Lipinski definition) is 4. The minimum Gasteiger partial charge on any atom is -0.454 e. The monoisotopic (exact) mass is 249 g/mol. The van der Waals surface area contributed by atoms with Crippen LogP contribution in [-0.2, 0) is 0 Å². The molecule has 2 rings (SSSR count). The van der Waals surface area contributed by atoms with Crippen molar-refractivity contribution in [3.63, 3.8) is 0 Å². The second-order valence-corrected chi connectivity index (χ2v) is 4.14. The van der Waals surface area contributed by atoms with Crippen molar-refractivity contribution in [2.24, 2.45) is 0 Å². The fourth-order valence-electron chi connectivity index (χ4n) is 1.84. The maximum atomic E-state index is 9.02. The average molecular weight is 249 g/mol. The lowest BCUT2D eigenvalue weighted by atomic mass is 10.1. The maximum Gasteiger partial charge on any atom is 0.163 e. The molecular formula is C15H11N3O. The van der Waals surface area contributed by atoms with Crippen molar-refractivity contribution in [3.05, 3.63) is 52.8 Å². The smallest absolute Gasteiger partial charge is 0.163 e. The van der Waals surface area contributed by atoms with Gasteiger partial charge in [0.25, 0.3) is 0 Å². The summed E-state index contributed by atoms with van der Waals surface area (Å²) in [5.74, 6) is 1.07. The predicted molar refractivity (Wildman–Crippen MR) is 69.7 cm³/mol. The van der Waals surface area contributed by atoms with Gasteiger partial charge in [-0.3, -0.25) is 4.98 Å². The van der Waals surface area contributed by atoms with Crippen LogP contribution in [0.15, 0.2) is 30.6 Å². The first-order chi connectivity index (χ1) is 9.15. The zero-order valence-electron chi connectivity index (χ0n) is 10.6. The quantitative estimate of drug-likeness (QED) is 0.819. The largest absolute Gasteiger partial charge is 0.454 e. The van der Waals surface area contributed by atoms with E-state index in [2.05, 4.69) is 17.1 Å². The van der Waals surface area contributed by atoms with Crippen LogP contribution in [0.1, 0.15) is 22.3 Å². The van der Waals surface area contributed by atoms with E-state index in [0.29, 0.717) is 22.6 Å². The molecule has 19 heavy (non-hydrogen) atoms. The zero-order chi connectivity index (χ0) is 13.8. The third-order valence-electron chi connectivity index (χ3n) is 2.71. The molecule has 0 bridgehead atoms. The summed E-state index contributed by atoms with van der Waals surface area (Å²) in [6, 6.07) is 9.27. The summed E-state index contributed by atoms with van der Waals surface area (Å²) in [5, 5.41) is 17.9. The Morgan fingerprint density at radius 3 is 2.37 bits per heavy atom.